The topological polar surface area (TPSA) is 46.0 Å². The molecule has 2 rings (SSSR count). The maximum Gasteiger partial charge on any atom is 0.138 e. The highest BCUT2D eigenvalue weighted by atomic mass is 35.5. The number of rotatable bonds is 2. The zero-order valence-electron chi connectivity index (χ0n) is 7.89. The molecule has 0 aliphatic heterocycles. The number of pyridine rings is 2. The lowest BCUT2D eigenvalue weighted by Crippen LogP contribution is -1.93. The molecular weight excluding hydrogens is 212 g/mol. The standard InChI is InChI=1S/C11H9ClN2O/c12-11-9(4-2-6-14-11)10-8(7-15)3-1-5-13-10/h1-6,15H,7H2. The molecule has 0 unspecified atom stereocenters. The molecule has 0 radical (unpaired) electrons. The Hall–Kier alpha value is -1.45. The van der Waals surface area contributed by atoms with Gasteiger partial charge in [-0.25, -0.2) is 4.98 Å². The Labute approximate surface area is 92.4 Å². The van der Waals surface area contributed by atoms with Crippen LogP contribution in [-0.2, 0) is 6.61 Å². The highest BCUT2D eigenvalue weighted by Gasteiger charge is 2.08. The molecule has 0 saturated carbocycles. The molecule has 3 nitrogen and oxygen atoms in total. The predicted octanol–water partition coefficient (Wildman–Crippen LogP) is 2.29. The lowest BCUT2D eigenvalue weighted by molar-refractivity contribution is 0.282. The van der Waals surface area contributed by atoms with Gasteiger partial charge in [0.15, 0.2) is 0 Å². The minimum atomic E-state index is -0.0611. The predicted molar refractivity (Wildman–Crippen MR) is 58.4 cm³/mol. The number of hydrogen-bond acceptors (Lipinski definition) is 3. The second-order valence-corrected chi connectivity index (χ2v) is 3.37. The van der Waals surface area contributed by atoms with E-state index in [9.17, 15) is 0 Å². The van der Waals surface area contributed by atoms with E-state index >= 15 is 0 Å². The van der Waals surface area contributed by atoms with Crippen LogP contribution in [0.4, 0.5) is 0 Å². The van der Waals surface area contributed by atoms with Crippen LogP contribution in [0.25, 0.3) is 11.3 Å². The summed E-state index contributed by atoms with van der Waals surface area (Å²) in [5, 5.41) is 9.56. The minimum absolute atomic E-state index is 0.0611. The van der Waals surface area contributed by atoms with Crippen LogP contribution in [0.1, 0.15) is 5.56 Å². The third-order valence-corrected chi connectivity index (χ3v) is 2.38. The first-order valence-electron chi connectivity index (χ1n) is 4.48. The lowest BCUT2D eigenvalue weighted by atomic mass is 10.1. The molecule has 15 heavy (non-hydrogen) atoms. The van der Waals surface area contributed by atoms with E-state index < -0.39 is 0 Å². The molecule has 2 heterocycles. The summed E-state index contributed by atoms with van der Waals surface area (Å²) in [6, 6.07) is 7.21. The summed E-state index contributed by atoms with van der Waals surface area (Å²) in [5.41, 5.74) is 2.16. The zero-order chi connectivity index (χ0) is 10.7. The fraction of sp³-hybridized carbons (Fsp3) is 0.0909. The van der Waals surface area contributed by atoms with Gasteiger partial charge in [0, 0.05) is 23.5 Å². The largest absolute Gasteiger partial charge is 0.392 e. The second-order valence-electron chi connectivity index (χ2n) is 3.01. The van der Waals surface area contributed by atoms with Gasteiger partial charge in [-0.3, -0.25) is 4.98 Å². The lowest BCUT2D eigenvalue weighted by Gasteiger charge is -2.06. The maximum absolute atomic E-state index is 9.17. The van der Waals surface area contributed by atoms with Crippen molar-refractivity contribution in [2.24, 2.45) is 0 Å². The van der Waals surface area contributed by atoms with Gasteiger partial charge in [0.25, 0.3) is 0 Å². The van der Waals surface area contributed by atoms with E-state index in [0.29, 0.717) is 10.8 Å². The zero-order valence-corrected chi connectivity index (χ0v) is 8.65. The van der Waals surface area contributed by atoms with Crippen molar-refractivity contribution in [1.29, 1.82) is 0 Å². The number of hydrogen-bond donors (Lipinski definition) is 1. The number of aliphatic hydroxyl groups excluding tert-OH is 1. The first-order valence-corrected chi connectivity index (χ1v) is 4.86. The van der Waals surface area contributed by atoms with E-state index in [1.54, 1.807) is 24.5 Å². The average molecular weight is 221 g/mol. The number of nitrogens with zero attached hydrogens (tertiary/aromatic N) is 2. The molecule has 0 aliphatic rings. The van der Waals surface area contributed by atoms with E-state index in [0.717, 1.165) is 11.1 Å². The molecule has 0 aromatic carbocycles. The third kappa shape index (κ3) is 1.98. The number of halogens is 1. The van der Waals surface area contributed by atoms with Crippen molar-refractivity contribution in [3.05, 3.63) is 47.4 Å². The fourth-order valence-corrected chi connectivity index (χ4v) is 1.58. The Kier molecular flexibility index (Phi) is 2.94. The molecule has 0 bridgehead atoms. The van der Waals surface area contributed by atoms with Crippen molar-refractivity contribution >= 4 is 11.6 Å². The van der Waals surface area contributed by atoms with E-state index in [-0.39, 0.29) is 6.61 Å². The highest BCUT2D eigenvalue weighted by Crippen LogP contribution is 2.26. The van der Waals surface area contributed by atoms with Crippen LogP contribution in [0, 0.1) is 0 Å². The van der Waals surface area contributed by atoms with Crippen molar-refractivity contribution in [3.63, 3.8) is 0 Å². The maximum atomic E-state index is 9.17. The van der Waals surface area contributed by atoms with Gasteiger partial charge in [0.1, 0.15) is 5.15 Å². The average Bonchev–Trinajstić information content (AvgIpc) is 2.30. The van der Waals surface area contributed by atoms with Gasteiger partial charge in [-0.1, -0.05) is 17.7 Å². The summed E-state index contributed by atoms with van der Waals surface area (Å²) in [4.78, 5) is 8.17. The van der Waals surface area contributed by atoms with Gasteiger partial charge in [-0.2, -0.15) is 0 Å². The van der Waals surface area contributed by atoms with Crippen LogP contribution in [0.2, 0.25) is 5.15 Å². The van der Waals surface area contributed by atoms with Gasteiger partial charge >= 0.3 is 0 Å². The Morgan fingerprint density at radius 2 is 1.87 bits per heavy atom. The van der Waals surface area contributed by atoms with Crippen molar-refractivity contribution in [1.82, 2.24) is 9.97 Å². The summed E-state index contributed by atoms with van der Waals surface area (Å²) in [5.74, 6) is 0. The van der Waals surface area contributed by atoms with Crippen LogP contribution >= 0.6 is 11.6 Å². The Morgan fingerprint density at radius 1 is 1.13 bits per heavy atom. The van der Waals surface area contributed by atoms with E-state index in [4.69, 9.17) is 16.7 Å². The summed E-state index contributed by atoms with van der Waals surface area (Å²) in [6.07, 6.45) is 3.28. The molecule has 1 N–H and O–H groups in total. The Morgan fingerprint density at radius 3 is 2.60 bits per heavy atom. The van der Waals surface area contributed by atoms with E-state index in [1.807, 2.05) is 12.1 Å². The molecule has 0 fully saturated rings. The molecule has 0 atom stereocenters. The van der Waals surface area contributed by atoms with Crippen LogP contribution in [0.15, 0.2) is 36.7 Å². The van der Waals surface area contributed by atoms with Crippen LogP contribution in [-0.4, -0.2) is 15.1 Å². The molecule has 0 spiro atoms. The first kappa shape index (κ1) is 10.1. The number of aromatic nitrogens is 2. The fourth-order valence-electron chi connectivity index (χ4n) is 1.37. The summed E-state index contributed by atoms with van der Waals surface area (Å²) >= 11 is 5.95. The van der Waals surface area contributed by atoms with Gasteiger partial charge in [-0.05, 0) is 18.2 Å². The molecule has 0 saturated heterocycles. The van der Waals surface area contributed by atoms with Crippen molar-refractivity contribution in [2.45, 2.75) is 6.61 Å². The third-order valence-electron chi connectivity index (χ3n) is 2.08. The van der Waals surface area contributed by atoms with Gasteiger partial charge in [0.05, 0.1) is 12.3 Å². The SMILES string of the molecule is OCc1cccnc1-c1cccnc1Cl. The Balaban J connectivity index is 2.59. The first-order chi connectivity index (χ1) is 7.33. The Bertz CT molecular complexity index is 474. The second kappa shape index (κ2) is 4.38. The number of aliphatic hydroxyl groups is 1. The molecular formula is C11H9ClN2O. The monoisotopic (exact) mass is 220 g/mol. The molecule has 0 amide bonds. The quantitative estimate of drug-likeness (QED) is 0.790. The molecule has 2 aromatic rings. The van der Waals surface area contributed by atoms with Gasteiger partial charge in [-0.15, -0.1) is 0 Å². The van der Waals surface area contributed by atoms with E-state index in [2.05, 4.69) is 9.97 Å². The normalized spacial score (nSPS) is 10.3. The van der Waals surface area contributed by atoms with Gasteiger partial charge in [0.2, 0.25) is 0 Å². The van der Waals surface area contributed by atoms with Crippen molar-refractivity contribution in [2.75, 3.05) is 0 Å². The summed E-state index contributed by atoms with van der Waals surface area (Å²) < 4.78 is 0. The molecule has 4 heteroatoms. The van der Waals surface area contributed by atoms with Gasteiger partial charge < -0.3 is 5.11 Å². The van der Waals surface area contributed by atoms with Crippen molar-refractivity contribution in [3.8, 4) is 11.3 Å². The molecule has 76 valence electrons. The van der Waals surface area contributed by atoms with Crippen LogP contribution in [0.5, 0.6) is 0 Å². The van der Waals surface area contributed by atoms with Crippen molar-refractivity contribution < 1.29 is 5.11 Å². The van der Waals surface area contributed by atoms with Crippen LogP contribution in [0.3, 0.4) is 0 Å². The smallest absolute Gasteiger partial charge is 0.138 e. The minimum Gasteiger partial charge on any atom is -0.392 e. The molecule has 0 aliphatic carbocycles. The van der Waals surface area contributed by atoms with Crippen LogP contribution < -0.4 is 0 Å². The summed E-state index contributed by atoms with van der Waals surface area (Å²) in [6.45, 7) is -0.0611. The van der Waals surface area contributed by atoms with E-state index in [1.165, 1.54) is 0 Å². The highest BCUT2D eigenvalue weighted by molar-refractivity contribution is 6.32. The summed E-state index contributed by atoms with van der Waals surface area (Å²) in [7, 11) is 0. The molecule has 2 aromatic heterocycles.